The van der Waals surface area contributed by atoms with Crippen molar-refractivity contribution in [2.24, 2.45) is 5.73 Å². The highest BCUT2D eigenvalue weighted by Gasteiger charge is 2.27. The van der Waals surface area contributed by atoms with Crippen LogP contribution in [0.1, 0.15) is 22.8 Å². The summed E-state index contributed by atoms with van der Waals surface area (Å²) in [5.74, 6) is 0.136. The molecule has 3 N–H and O–H groups in total. The number of hydrogen-bond acceptors (Lipinski definition) is 5. The molecule has 0 saturated carbocycles. The zero-order chi connectivity index (χ0) is 21.4. The van der Waals surface area contributed by atoms with Crippen LogP contribution in [0.5, 0.6) is 11.5 Å². The molecular formula is C25H21NO5. The number of nitrogens with two attached hydrogens (primary N) is 1. The quantitative estimate of drug-likeness (QED) is 0.491. The smallest absolute Gasteiger partial charge is 0.307 e. The maximum Gasteiger partial charge on any atom is 0.307 e. The molecule has 0 fully saturated rings. The van der Waals surface area contributed by atoms with Gasteiger partial charge in [0.2, 0.25) is 0 Å². The Kier molecular flexibility index (Phi) is 4.84. The maximum atomic E-state index is 11.3. The van der Waals surface area contributed by atoms with Gasteiger partial charge in [-0.2, -0.15) is 0 Å². The average Bonchev–Trinajstić information content (AvgIpc) is 3.27. The number of furan rings is 1. The second-order valence-corrected chi connectivity index (χ2v) is 7.54. The van der Waals surface area contributed by atoms with Gasteiger partial charge in [-0.05, 0) is 47.0 Å². The molecule has 1 aliphatic rings. The van der Waals surface area contributed by atoms with E-state index in [9.17, 15) is 9.90 Å². The van der Waals surface area contributed by atoms with Gasteiger partial charge in [0, 0.05) is 23.1 Å². The van der Waals surface area contributed by atoms with Crippen molar-refractivity contribution in [2.45, 2.75) is 19.1 Å². The zero-order valence-corrected chi connectivity index (χ0v) is 16.7. The van der Waals surface area contributed by atoms with Gasteiger partial charge >= 0.3 is 5.97 Å². The summed E-state index contributed by atoms with van der Waals surface area (Å²) < 4.78 is 18.0. The minimum Gasteiger partial charge on any atom is -0.485 e. The van der Waals surface area contributed by atoms with Crippen molar-refractivity contribution in [3.8, 4) is 22.6 Å². The van der Waals surface area contributed by atoms with Gasteiger partial charge in [-0.15, -0.1) is 0 Å². The largest absolute Gasteiger partial charge is 0.485 e. The monoisotopic (exact) mass is 415 g/mol. The number of carboxylic acids is 1. The van der Waals surface area contributed by atoms with Crippen LogP contribution in [0.3, 0.4) is 0 Å². The molecule has 4 aromatic rings. The predicted octanol–water partition coefficient (Wildman–Crippen LogP) is 4.70. The van der Waals surface area contributed by atoms with Crippen molar-refractivity contribution < 1.29 is 23.8 Å². The Balaban J connectivity index is 1.57. The minimum absolute atomic E-state index is 0.128. The fraction of sp³-hybridized carbons (Fsp3) is 0.160. The zero-order valence-electron chi connectivity index (χ0n) is 16.7. The van der Waals surface area contributed by atoms with E-state index in [0.717, 1.165) is 33.2 Å². The third-order valence-electron chi connectivity index (χ3n) is 5.47. The Morgan fingerprint density at radius 2 is 1.97 bits per heavy atom. The highest BCUT2D eigenvalue weighted by Crippen LogP contribution is 2.41. The second-order valence-electron chi connectivity index (χ2n) is 7.54. The van der Waals surface area contributed by atoms with Gasteiger partial charge in [0.15, 0.2) is 17.6 Å². The van der Waals surface area contributed by atoms with E-state index in [-0.39, 0.29) is 12.5 Å². The first-order valence-electron chi connectivity index (χ1n) is 10.1. The van der Waals surface area contributed by atoms with Crippen LogP contribution in [-0.2, 0) is 17.8 Å². The minimum atomic E-state index is -0.916. The molecule has 0 aliphatic carbocycles. The van der Waals surface area contributed by atoms with Crippen molar-refractivity contribution in [3.05, 3.63) is 83.6 Å². The number of para-hydroxylation sites is 1. The summed E-state index contributed by atoms with van der Waals surface area (Å²) in [4.78, 5) is 11.3. The molecule has 0 bridgehead atoms. The number of carbonyl (C=O) groups is 1. The lowest BCUT2D eigenvalue weighted by Gasteiger charge is -2.28. The van der Waals surface area contributed by atoms with Crippen LogP contribution in [0.25, 0.3) is 22.1 Å². The van der Waals surface area contributed by atoms with E-state index >= 15 is 0 Å². The first-order chi connectivity index (χ1) is 15.1. The molecule has 0 saturated heterocycles. The third-order valence-corrected chi connectivity index (χ3v) is 5.47. The van der Waals surface area contributed by atoms with Gasteiger partial charge in [0.1, 0.15) is 12.2 Å². The van der Waals surface area contributed by atoms with Gasteiger partial charge < -0.3 is 24.7 Å². The summed E-state index contributed by atoms with van der Waals surface area (Å²) >= 11 is 0. The Bertz CT molecular complexity index is 1280. The molecule has 2 heterocycles. The fourth-order valence-corrected chi connectivity index (χ4v) is 3.99. The van der Waals surface area contributed by atoms with Gasteiger partial charge in [0.25, 0.3) is 0 Å². The van der Waals surface area contributed by atoms with E-state index in [0.29, 0.717) is 30.2 Å². The van der Waals surface area contributed by atoms with Crippen molar-refractivity contribution in [1.29, 1.82) is 0 Å². The number of carboxylic acid groups (broad SMARTS) is 1. The van der Waals surface area contributed by atoms with E-state index in [1.54, 1.807) is 24.5 Å². The lowest BCUT2D eigenvalue weighted by atomic mass is 9.96. The molecule has 0 amide bonds. The van der Waals surface area contributed by atoms with E-state index in [1.165, 1.54) is 0 Å². The maximum absolute atomic E-state index is 11.3. The molecular weight excluding hydrogens is 394 g/mol. The Morgan fingerprint density at radius 3 is 2.81 bits per heavy atom. The van der Waals surface area contributed by atoms with Crippen LogP contribution < -0.4 is 15.2 Å². The molecule has 3 aromatic carbocycles. The lowest BCUT2D eigenvalue weighted by Crippen LogP contribution is -2.23. The van der Waals surface area contributed by atoms with Crippen molar-refractivity contribution in [1.82, 2.24) is 0 Å². The Morgan fingerprint density at radius 1 is 1.10 bits per heavy atom. The molecule has 0 radical (unpaired) electrons. The third kappa shape index (κ3) is 3.62. The van der Waals surface area contributed by atoms with Gasteiger partial charge in [-0.25, -0.2) is 0 Å². The number of fused-ring (bicyclic) bond motifs is 2. The molecule has 156 valence electrons. The van der Waals surface area contributed by atoms with Crippen molar-refractivity contribution in [3.63, 3.8) is 0 Å². The van der Waals surface area contributed by atoms with Crippen molar-refractivity contribution in [2.75, 3.05) is 6.61 Å². The Labute approximate surface area is 178 Å². The molecule has 0 spiro atoms. The van der Waals surface area contributed by atoms with Crippen LogP contribution in [-0.4, -0.2) is 17.7 Å². The van der Waals surface area contributed by atoms with Gasteiger partial charge in [0.05, 0.1) is 12.7 Å². The van der Waals surface area contributed by atoms with Crippen LogP contribution in [0.15, 0.2) is 71.3 Å². The fourth-order valence-electron chi connectivity index (χ4n) is 3.99. The van der Waals surface area contributed by atoms with Crippen molar-refractivity contribution >= 4 is 16.9 Å². The highest BCUT2D eigenvalue weighted by atomic mass is 16.6. The summed E-state index contributed by atoms with van der Waals surface area (Å²) in [5, 5.41) is 10.2. The number of aliphatic carboxylic acids is 1. The van der Waals surface area contributed by atoms with Gasteiger partial charge in [-0.3, -0.25) is 4.79 Å². The number of benzene rings is 3. The lowest BCUT2D eigenvalue weighted by molar-refractivity contribution is -0.136. The normalized spacial score (nSPS) is 15.2. The topological polar surface area (TPSA) is 94.9 Å². The summed E-state index contributed by atoms with van der Waals surface area (Å²) in [6, 6.07) is 19.4. The van der Waals surface area contributed by atoms with E-state index in [1.807, 2.05) is 36.4 Å². The van der Waals surface area contributed by atoms with E-state index in [4.69, 9.17) is 19.6 Å². The van der Waals surface area contributed by atoms with Crippen LogP contribution in [0, 0.1) is 0 Å². The standard InChI is InChI=1S/C25H21NO5/c26-13-15-3-1-4-16(9-15)20-11-19(10-18-7-8-29-24(18)20)22-14-30-21-6-2-5-17(12-23(27)28)25(21)31-22/h1-11,22H,12-14,26H2,(H,27,28). The summed E-state index contributed by atoms with van der Waals surface area (Å²) in [7, 11) is 0. The first-order valence-corrected chi connectivity index (χ1v) is 10.1. The second kappa shape index (κ2) is 7.81. The average molecular weight is 415 g/mol. The van der Waals surface area contributed by atoms with Crippen LogP contribution in [0.2, 0.25) is 0 Å². The van der Waals surface area contributed by atoms with E-state index < -0.39 is 5.97 Å². The summed E-state index contributed by atoms with van der Waals surface area (Å²) in [5.41, 5.74) is 11.1. The van der Waals surface area contributed by atoms with E-state index in [2.05, 4.69) is 6.07 Å². The molecule has 5 rings (SSSR count). The highest BCUT2D eigenvalue weighted by molar-refractivity contribution is 5.93. The Hall–Kier alpha value is -3.77. The van der Waals surface area contributed by atoms with Gasteiger partial charge in [-0.1, -0.05) is 30.3 Å². The number of ether oxygens (including phenoxy) is 2. The molecule has 6 heteroatoms. The molecule has 1 aromatic heterocycles. The molecule has 31 heavy (non-hydrogen) atoms. The number of rotatable bonds is 5. The van der Waals surface area contributed by atoms with Crippen LogP contribution in [0.4, 0.5) is 0 Å². The SMILES string of the molecule is NCc1cccc(-c2cc(C3COc4cccc(CC(=O)O)c4O3)cc3ccoc23)c1. The summed E-state index contributed by atoms with van der Waals surface area (Å²) in [6.45, 7) is 0.784. The first kappa shape index (κ1) is 19.2. The molecule has 1 atom stereocenters. The molecule has 1 aliphatic heterocycles. The molecule has 1 unspecified atom stereocenters. The van der Waals surface area contributed by atoms with Crippen LogP contribution >= 0.6 is 0 Å². The predicted molar refractivity (Wildman–Crippen MR) is 116 cm³/mol. The molecule has 6 nitrogen and oxygen atoms in total. The summed E-state index contributed by atoms with van der Waals surface area (Å²) in [6.07, 6.45) is 1.17. The number of hydrogen-bond donors (Lipinski definition) is 2.